The highest BCUT2D eigenvalue weighted by Gasteiger charge is 2.48. The van der Waals surface area contributed by atoms with Crippen LogP contribution in [-0.4, -0.2) is 66.4 Å². The van der Waals surface area contributed by atoms with Gasteiger partial charge in [-0.3, -0.25) is 14.5 Å². The Labute approximate surface area is 114 Å². The molecule has 6 nitrogen and oxygen atoms in total. The van der Waals surface area contributed by atoms with Crippen molar-refractivity contribution in [3.8, 4) is 0 Å². The Morgan fingerprint density at radius 3 is 2.37 bits per heavy atom. The van der Waals surface area contributed by atoms with E-state index in [0.29, 0.717) is 19.6 Å². The summed E-state index contributed by atoms with van der Waals surface area (Å²) < 4.78 is 0. The van der Waals surface area contributed by atoms with E-state index in [2.05, 4.69) is 10.2 Å². The molecule has 0 radical (unpaired) electrons. The van der Waals surface area contributed by atoms with Crippen molar-refractivity contribution in [2.24, 2.45) is 5.73 Å². The summed E-state index contributed by atoms with van der Waals surface area (Å²) in [4.78, 5) is 27.6. The van der Waals surface area contributed by atoms with Gasteiger partial charge in [0.2, 0.25) is 11.8 Å². The first kappa shape index (κ1) is 14.3. The number of piperazine rings is 1. The summed E-state index contributed by atoms with van der Waals surface area (Å²) in [5, 5.41) is 2.87. The second kappa shape index (κ2) is 5.88. The van der Waals surface area contributed by atoms with Crippen molar-refractivity contribution in [2.45, 2.75) is 31.7 Å². The fourth-order valence-electron chi connectivity index (χ4n) is 2.30. The Morgan fingerprint density at radius 2 is 1.84 bits per heavy atom. The van der Waals surface area contributed by atoms with Crippen molar-refractivity contribution in [3.63, 3.8) is 0 Å². The quantitative estimate of drug-likeness (QED) is 0.681. The first-order valence-corrected chi connectivity index (χ1v) is 7.12. The maximum Gasteiger partial charge on any atom is 0.242 e. The standard InChI is InChI=1S/C13H24N4O2/c1-2-5-15-11(18)10-16-6-8-17(9-7-16)12(19)13(14)3-4-13/h2-10,14H2,1H3,(H,15,18). The number of amides is 2. The van der Waals surface area contributed by atoms with E-state index in [1.807, 2.05) is 11.8 Å². The predicted molar refractivity (Wildman–Crippen MR) is 72.5 cm³/mol. The zero-order valence-corrected chi connectivity index (χ0v) is 11.7. The van der Waals surface area contributed by atoms with Crippen LogP contribution in [0.3, 0.4) is 0 Å². The van der Waals surface area contributed by atoms with Crippen LogP contribution in [0.4, 0.5) is 0 Å². The van der Waals surface area contributed by atoms with Crippen molar-refractivity contribution in [1.82, 2.24) is 15.1 Å². The van der Waals surface area contributed by atoms with Crippen LogP contribution < -0.4 is 11.1 Å². The third-order valence-corrected chi connectivity index (χ3v) is 3.81. The molecule has 3 N–H and O–H groups in total. The molecule has 1 aliphatic heterocycles. The van der Waals surface area contributed by atoms with Crippen LogP contribution in [0.2, 0.25) is 0 Å². The number of nitrogens with zero attached hydrogens (tertiary/aromatic N) is 2. The molecular weight excluding hydrogens is 244 g/mol. The number of carbonyl (C=O) groups excluding carboxylic acids is 2. The molecule has 1 heterocycles. The van der Waals surface area contributed by atoms with Crippen LogP contribution >= 0.6 is 0 Å². The summed E-state index contributed by atoms with van der Waals surface area (Å²) in [6.07, 6.45) is 2.57. The van der Waals surface area contributed by atoms with E-state index in [-0.39, 0.29) is 11.8 Å². The highest BCUT2D eigenvalue weighted by atomic mass is 16.2. The first-order chi connectivity index (χ1) is 9.05. The van der Waals surface area contributed by atoms with Gasteiger partial charge in [-0.05, 0) is 19.3 Å². The maximum absolute atomic E-state index is 12.1. The molecule has 0 unspecified atom stereocenters. The molecule has 1 saturated carbocycles. The molecule has 108 valence electrons. The Hall–Kier alpha value is -1.14. The molecule has 2 amide bonds. The Morgan fingerprint density at radius 1 is 1.21 bits per heavy atom. The summed E-state index contributed by atoms with van der Waals surface area (Å²) in [5.41, 5.74) is 5.35. The van der Waals surface area contributed by atoms with E-state index < -0.39 is 5.54 Å². The van der Waals surface area contributed by atoms with Gasteiger partial charge in [0.15, 0.2) is 0 Å². The third-order valence-electron chi connectivity index (χ3n) is 3.81. The van der Waals surface area contributed by atoms with E-state index >= 15 is 0 Å². The minimum absolute atomic E-state index is 0.0686. The lowest BCUT2D eigenvalue weighted by Gasteiger charge is -2.35. The molecule has 0 aromatic heterocycles. The Balaban J connectivity index is 1.70. The first-order valence-electron chi connectivity index (χ1n) is 7.12. The van der Waals surface area contributed by atoms with Gasteiger partial charge < -0.3 is 16.0 Å². The van der Waals surface area contributed by atoms with Crippen LogP contribution in [0.25, 0.3) is 0 Å². The predicted octanol–water partition coefficient (Wildman–Crippen LogP) is -0.852. The molecule has 2 aliphatic rings. The lowest BCUT2D eigenvalue weighted by molar-refractivity contribution is -0.135. The molecule has 1 saturated heterocycles. The van der Waals surface area contributed by atoms with Gasteiger partial charge in [-0.1, -0.05) is 6.92 Å². The summed E-state index contributed by atoms with van der Waals surface area (Å²) in [6, 6.07) is 0. The topological polar surface area (TPSA) is 78.7 Å². The molecule has 2 rings (SSSR count). The van der Waals surface area contributed by atoms with E-state index in [9.17, 15) is 9.59 Å². The minimum atomic E-state index is -0.569. The largest absolute Gasteiger partial charge is 0.355 e. The molecule has 6 heteroatoms. The number of carbonyl (C=O) groups is 2. The van der Waals surface area contributed by atoms with E-state index in [1.54, 1.807) is 0 Å². The maximum atomic E-state index is 12.1. The van der Waals surface area contributed by atoms with Crippen LogP contribution in [0.5, 0.6) is 0 Å². The molecule has 0 spiro atoms. The van der Waals surface area contributed by atoms with Gasteiger partial charge in [-0.15, -0.1) is 0 Å². The molecule has 0 bridgehead atoms. The second-order valence-electron chi connectivity index (χ2n) is 5.57. The van der Waals surface area contributed by atoms with Crippen molar-refractivity contribution in [2.75, 3.05) is 39.3 Å². The van der Waals surface area contributed by atoms with E-state index in [1.165, 1.54) is 0 Å². The van der Waals surface area contributed by atoms with Crippen molar-refractivity contribution < 1.29 is 9.59 Å². The van der Waals surface area contributed by atoms with Crippen molar-refractivity contribution in [1.29, 1.82) is 0 Å². The SMILES string of the molecule is CCCNC(=O)CN1CCN(C(=O)C2(N)CC2)CC1. The smallest absolute Gasteiger partial charge is 0.242 e. The summed E-state index contributed by atoms with van der Waals surface area (Å²) in [7, 11) is 0. The second-order valence-corrected chi connectivity index (χ2v) is 5.57. The molecule has 0 aromatic carbocycles. The summed E-state index contributed by atoms with van der Waals surface area (Å²) in [5.74, 6) is 0.154. The number of hydrogen-bond acceptors (Lipinski definition) is 4. The lowest BCUT2D eigenvalue weighted by Crippen LogP contribution is -2.55. The number of hydrogen-bond donors (Lipinski definition) is 2. The van der Waals surface area contributed by atoms with E-state index in [4.69, 9.17) is 5.73 Å². The van der Waals surface area contributed by atoms with Gasteiger partial charge in [-0.25, -0.2) is 0 Å². The highest BCUT2D eigenvalue weighted by molar-refractivity contribution is 5.89. The van der Waals surface area contributed by atoms with Gasteiger partial charge >= 0.3 is 0 Å². The van der Waals surface area contributed by atoms with Crippen LogP contribution in [0, 0.1) is 0 Å². The fraction of sp³-hybridized carbons (Fsp3) is 0.846. The average molecular weight is 268 g/mol. The molecular formula is C13H24N4O2. The van der Waals surface area contributed by atoms with Crippen LogP contribution in [-0.2, 0) is 9.59 Å². The third kappa shape index (κ3) is 3.67. The van der Waals surface area contributed by atoms with Crippen LogP contribution in [0.15, 0.2) is 0 Å². The monoisotopic (exact) mass is 268 g/mol. The zero-order valence-electron chi connectivity index (χ0n) is 11.7. The number of nitrogens with one attached hydrogen (secondary N) is 1. The Kier molecular flexibility index (Phi) is 4.42. The van der Waals surface area contributed by atoms with Gasteiger partial charge in [0, 0.05) is 32.7 Å². The van der Waals surface area contributed by atoms with Gasteiger partial charge in [0.1, 0.15) is 0 Å². The molecule has 19 heavy (non-hydrogen) atoms. The van der Waals surface area contributed by atoms with E-state index in [0.717, 1.165) is 38.9 Å². The molecule has 2 fully saturated rings. The summed E-state index contributed by atoms with van der Waals surface area (Å²) >= 11 is 0. The van der Waals surface area contributed by atoms with Gasteiger partial charge in [0.25, 0.3) is 0 Å². The van der Waals surface area contributed by atoms with Gasteiger partial charge in [-0.2, -0.15) is 0 Å². The van der Waals surface area contributed by atoms with Gasteiger partial charge in [0.05, 0.1) is 12.1 Å². The van der Waals surface area contributed by atoms with Crippen molar-refractivity contribution >= 4 is 11.8 Å². The fourth-order valence-corrected chi connectivity index (χ4v) is 2.30. The van der Waals surface area contributed by atoms with Crippen molar-refractivity contribution in [3.05, 3.63) is 0 Å². The Bertz CT molecular complexity index is 347. The lowest BCUT2D eigenvalue weighted by atomic mass is 10.2. The zero-order chi connectivity index (χ0) is 13.9. The molecule has 1 aliphatic carbocycles. The summed E-state index contributed by atoms with van der Waals surface area (Å²) in [6.45, 7) is 6.05. The minimum Gasteiger partial charge on any atom is -0.355 e. The molecule has 0 atom stereocenters. The molecule has 0 aromatic rings. The highest BCUT2D eigenvalue weighted by Crippen LogP contribution is 2.34. The van der Waals surface area contributed by atoms with Crippen LogP contribution in [0.1, 0.15) is 26.2 Å². The number of rotatable bonds is 5. The average Bonchev–Trinajstić information content (AvgIpc) is 3.16. The number of nitrogens with two attached hydrogens (primary N) is 1. The normalized spacial score (nSPS) is 22.1.